The third kappa shape index (κ3) is 4.07. The van der Waals surface area contributed by atoms with Gasteiger partial charge in [-0.2, -0.15) is 4.98 Å². The van der Waals surface area contributed by atoms with Gasteiger partial charge in [-0.05, 0) is 24.5 Å². The number of aromatic nitrogens is 2. The van der Waals surface area contributed by atoms with Crippen LogP contribution < -0.4 is 5.73 Å². The number of hydrogen-bond donors (Lipinski definition) is 1. The number of benzene rings is 1. The number of halogens is 2. The van der Waals surface area contributed by atoms with E-state index in [4.69, 9.17) is 10.3 Å². The van der Waals surface area contributed by atoms with E-state index in [1.165, 1.54) is 0 Å². The summed E-state index contributed by atoms with van der Waals surface area (Å²) in [7, 11) is 0. The molecule has 2 unspecified atom stereocenters. The maximum Gasteiger partial charge on any atom is 0.241 e. The molecule has 120 valence electrons. The van der Waals surface area contributed by atoms with Gasteiger partial charge in [0.2, 0.25) is 11.7 Å². The van der Waals surface area contributed by atoms with E-state index in [-0.39, 0.29) is 12.4 Å². The van der Waals surface area contributed by atoms with Crippen molar-refractivity contribution >= 4 is 28.3 Å². The molecule has 0 radical (unpaired) electrons. The summed E-state index contributed by atoms with van der Waals surface area (Å²) in [5, 5.41) is 4.07. The molecule has 2 N–H and O–H groups in total. The van der Waals surface area contributed by atoms with Gasteiger partial charge in [0.15, 0.2) is 0 Å². The first-order valence-corrected chi connectivity index (χ1v) is 7.97. The fraction of sp³-hybridized carbons (Fsp3) is 0.467. The smallest absolute Gasteiger partial charge is 0.241 e. The van der Waals surface area contributed by atoms with Crippen LogP contribution in [0.2, 0.25) is 0 Å². The third-order valence-corrected chi connectivity index (χ3v) is 4.46. The Labute approximate surface area is 144 Å². The lowest BCUT2D eigenvalue weighted by molar-refractivity contribution is 0.142. The van der Waals surface area contributed by atoms with Crippen molar-refractivity contribution in [1.29, 1.82) is 0 Å². The van der Waals surface area contributed by atoms with Crippen LogP contribution in [-0.2, 0) is 6.54 Å². The predicted molar refractivity (Wildman–Crippen MR) is 91.7 cm³/mol. The number of likely N-dealkylation sites (tertiary alicyclic amines) is 1. The zero-order chi connectivity index (χ0) is 14.8. The Morgan fingerprint density at radius 1 is 1.45 bits per heavy atom. The quantitative estimate of drug-likeness (QED) is 0.876. The van der Waals surface area contributed by atoms with Gasteiger partial charge < -0.3 is 10.3 Å². The van der Waals surface area contributed by atoms with Gasteiger partial charge in [-0.3, -0.25) is 4.90 Å². The summed E-state index contributed by atoms with van der Waals surface area (Å²) in [6.07, 6.45) is 1.02. The van der Waals surface area contributed by atoms with E-state index < -0.39 is 0 Å². The molecule has 1 saturated heterocycles. The molecule has 2 atom stereocenters. The van der Waals surface area contributed by atoms with Crippen LogP contribution in [0.1, 0.15) is 19.2 Å². The van der Waals surface area contributed by atoms with Gasteiger partial charge in [0, 0.05) is 29.2 Å². The van der Waals surface area contributed by atoms with Crippen LogP contribution >= 0.6 is 28.3 Å². The van der Waals surface area contributed by atoms with Crippen molar-refractivity contribution in [3.63, 3.8) is 0 Å². The lowest BCUT2D eigenvalue weighted by Gasteiger charge is -2.34. The fourth-order valence-electron chi connectivity index (χ4n) is 2.65. The lowest BCUT2D eigenvalue weighted by atomic mass is 9.95. The van der Waals surface area contributed by atoms with Gasteiger partial charge in [-0.25, -0.2) is 0 Å². The zero-order valence-electron chi connectivity index (χ0n) is 12.4. The highest BCUT2D eigenvalue weighted by Gasteiger charge is 2.24. The van der Waals surface area contributed by atoms with Crippen LogP contribution in [0.25, 0.3) is 11.4 Å². The summed E-state index contributed by atoms with van der Waals surface area (Å²) in [5.74, 6) is 1.80. The van der Waals surface area contributed by atoms with E-state index in [9.17, 15) is 0 Å². The minimum atomic E-state index is 0. The first-order chi connectivity index (χ1) is 10.1. The van der Waals surface area contributed by atoms with E-state index in [2.05, 4.69) is 37.9 Å². The Morgan fingerprint density at radius 3 is 3.00 bits per heavy atom. The molecule has 0 amide bonds. The lowest BCUT2D eigenvalue weighted by Crippen LogP contribution is -2.45. The Kier molecular flexibility index (Phi) is 5.97. The molecule has 2 aromatic rings. The maximum absolute atomic E-state index is 6.05. The standard InChI is InChI=1S/C15H19BrN4O.ClH/c1-10-8-20(6-5-13(10)17)9-14-18-15(19-21-14)11-3-2-4-12(16)7-11;/h2-4,7,10,13H,5-6,8-9,17H2,1H3;1H. The number of nitrogens with two attached hydrogens (primary N) is 1. The van der Waals surface area contributed by atoms with Gasteiger partial charge >= 0.3 is 0 Å². The van der Waals surface area contributed by atoms with E-state index in [1.807, 2.05) is 24.3 Å². The maximum atomic E-state index is 6.05. The van der Waals surface area contributed by atoms with E-state index >= 15 is 0 Å². The third-order valence-electron chi connectivity index (χ3n) is 3.97. The molecule has 1 aliphatic rings. The van der Waals surface area contributed by atoms with Crippen molar-refractivity contribution in [2.24, 2.45) is 11.7 Å². The van der Waals surface area contributed by atoms with E-state index in [0.717, 1.165) is 29.5 Å². The second-order valence-electron chi connectivity index (χ2n) is 5.69. The molecule has 7 heteroatoms. The minimum absolute atomic E-state index is 0. The predicted octanol–water partition coefficient (Wildman–Crippen LogP) is 3.09. The number of nitrogens with zero attached hydrogens (tertiary/aromatic N) is 3. The fourth-order valence-corrected chi connectivity index (χ4v) is 3.05. The van der Waals surface area contributed by atoms with Gasteiger partial charge in [0.25, 0.3) is 0 Å². The van der Waals surface area contributed by atoms with Crippen molar-refractivity contribution < 1.29 is 4.52 Å². The van der Waals surface area contributed by atoms with Crippen LogP contribution in [0.15, 0.2) is 33.3 Å². The number of rotatable bonds is 3. The molecule has 1 aromatic heterocycles. The van der Waals surface area contributed by atoms with Crippen LogP contribution in [0.5, 0.6) is 0 Å². The second-order valence-corrected chi connectivity index (χ2v) is 6.60. The molecule has 0 aliphatic carbocycles. The van der Waals surface area contributed by atoms with Crippen molar-refractivity contribution in [1.82, 2.24) is 15.0 Å². The van der Waals surface area contributed by atoms with Crippen LogP contribution in [0.3, 0.4) is 0 Å². The highest BCUT2D eigenvalue weighted by Crippen LogP contribution is 2.21. The summed E-state index contributed by atoms with van der Waals surface area (Å²) in [6.45, 7) is 4.85. The first kappa shape index (κ1) is 17.4. The summed E-state index contributed by atoms with van der Waals surface area (Å²) in [4.78, 5) is 6.81. The van der Waals surface area contributed by atoms with Crippen molar-refractivity contribution in [3.05, 3.63) is 34.6 Å². The van der Waals surface area contributed by atoms with Crippen LogP contribution in [0.4, 0.5) is 0 Å². The molecule has 1 aromatic carbocycles. The van der Waals surface area contributed by atoms with Gasteiger partial charge in [-0.15, -0.1) is 12.4 Å². The largest absolute Gasteiger partial charge is 0.338 e. The van der Waals surface area contributed by atoms with E-state index in [1.54, 1.807) is 0 Å². The Morgan fingerprint density at radius 2 is 2.27 bits per heavy atom. The Bertz CT molecular complexity index is 621. The number of hydrogen-bond acceptors (Lipinski definition) is 5. The molecule has 1 aliphatic heterocycles. The summed E-state index contributed by atoms with van der Waals surface area (Å²) >= 11 is 3.45. The van der Waals surface area contributed by atoms with E-state index in [0.29, 0.717) is 30.2 Å². The van der Waals surface area contributed by atoms with Crippen molar-refractivity contribution in [2.45, 2.75) is 25.9 Å². The average Bonchev–Trinajstić information content (AvgIpc) is 2.91. The first-order valence-electron chi connectivity index (χ1n) is 7.18. The second kappa shape index (κ2) is 7.55. The summed E-state index contributed by atoms with van der Waals surface area (Å²) in [6, 6.07) is 8.20. The van der Waals surface area contributed by atoms with Crippen molar-refractivity contribution in [2.75, 3.05) is 13.1 Å². The molecular weight excluding hydrogens is 368 g/mol. The SMILES string of the molecule is CC1CN(Cc2nc(-c3cccc(Br)c3)no2)CCC1N.Cl. The highest BCUT2D eigenvalue weighted by atomic mass is 79.9. The highest BCUT2D eigenvalue weighted by molar-refractivity contribution is 9.10. The van der Waals surface area contributed by atoms with Crippen molar-refractivity contribution in [3.8, 4) is 11.4 Å². The molecular formula is C15H20BrClN4O. The van der Waals surface area contributed by atoms with Gasteiger partial charge in [0.1, 0.15) is 0 Å². The molecule has 1 fully saturated rings. The summed E-state index contributed by atoms with van der Waals surface area (Å²) < 4.78 is 6.38. The van der Waals surface area contributed by atoms with Gasteiger partial charge in [0.05, 0.1) is 6.54 Å². The monoisotopic (exact) mass is 386 g/mol. The number of piperidine rings is 1. The topological polar surface area (TPSA) is 68.2 Å². The Balaban J connectivity index is 0.00000176. The molecule has 0 saturated carbocycles. The minimum Gasteiger partial charge on any atom is -0.338 e. The molecule has 0 bridgehead atoms. The average molecular weight is 388 g/mol. The van der Waals surface area contributed by atoms with Gasteiger partial charge in [-0.1, -0.05) is 40.1 Å². The normalized spacial score (nSPS) is 22.3. The zero-order valence-corrected chi connectivity index (χ0v) is 14.8. The Hall–Kier alpha value is -0.950. The molecule has 3 rings (SSSR count). The van der Waals surface area contributed by atoms with Crippen LogP contribution in [-0.4, -0.2) is 34.2 Å². The van der Waals surface area contributed by atoms with Crippen LogP contribution in [0, 0.1) is 5.92 Å². The molecule has 0 spiro atoms. The molecule has 22 heavy (non-hydrogen) atoms. The summed E-state index contributed by atoms with van der Waals surface area (Å²) in [5.41, 5.74) is 7.00. The molecule has 2 heterocycles. The molecule has 5 nitrogen and oxygen atoms in total.